The average molecular weight is 349 g/mol. The van der Waals surface area contributed by atoms with E-state index in [1.807, 2.05) is 24.3 Å². The highest BCUT2D eigenvalue weighted by atomic mass is 16.5. The predicted molar refractivity (Wildman–Crippen MR) is 100 cm³/mol. The number of hydrogen-bond acceptors (Lipinski definition) is 4. The van der Waals surface area contributed by atoms with Crippen LogP contribution in [0.5, 0.6) is 5.75 Å². The molecule has 1 aliphatic heterocycles. The van der Waals surface area contributed by atoms with E-state index in [0.29, 0.717) is 29.9 Å². The lowest BCUT2D eigenvalue weighted by Crippen LogP contribution is -2.52. The number of hydrogen-bond donors (Lipinski definition) is 2. The van der Waals surface area contributed by atoms with Crippen molar-refractivity contribution in [2.45, 2.75) is 32.7 Å². The van der Waals surface area contributed by atoms with Gasteiger partial charge in [-0.05, 0) is 18.1 Å². The van der Waals surface area contributed by atoms with Crippen LogP contribution in [0.25, 0.3) is 0 Å². The monoisotopic (exact) mass is 349 g/mol. The van der Waals surface area contributed by atoms with Gasteiger partial charge in [0.25, 0.3) is 0 Å². The van der Waals surface area contributed by atoms with Crippen molar-refractivity contribution in [1.82, 2.24) is 10.2 Å². The molecule has 0 radical (unpaired) electrons. The lowest BCUT2D eigenvalue weighted by Gasteiger charge is -2.38. The Morgan fingerprint density at radius 2 is 1.92 bits per heavy atom. The van der Waals surface area contributed by atoms with Crippen molar-refractivity contribution in [3.05, 3.63) is 24.3 Å². The highest BCUT2D eigenvalue weighted by Crippen LogP contribution is 2.23. The molecule has 1 aliphatic rings. The number of anilines is 1. The summed E-state index contributed by atoms with van der Waals surface area (Å²) in [5, 5.41) is 5.92. The molecular formula is C19H31N3O3. The topological polar surface area (TPSA) is 62.8 Å². The number of nitrogens with zero attached hydrogens (tertiary/aromatic N) is 1. The van der Waals surface area contributed by atoms with E-state index in [1.54, 1.807) is 7.11 Å². The van der Waals surface area contributed by atoms with Crippen LogP contribution in [-0.2, 0) is 4.74 Å². The van der Waals surface area contributed by atoms with Gasteiger partial charge in [0, 0.05) is 25.7 Å². The van der Waals surface area contributed by atoms with Gasteiger partial charge in [0.05, 0.1) is 26.0 Å². The Kier molecular flexibility index (Phi) is 8.01. The third kappa shape index (κ3) is 5.61. The summed E-state index contributed by atoms with van der Waals surface area (Å²) >= 11 is 0. The smallest absolute Gasteiger partial charge is 0.319 e. The summed E-state index contributed by atoms with van der Waals surface area (Å²) in [6, 6.07) is 7.55. The first kappa shape index (κ1) is 19.5. The second-order valence-electron chi connectivity index (χ2n) is 6.33. The molecule has 0 bridgehead atoms. The van der Waals surface area contributed by atoms with Gasteiger partial charge in [0.2, 0.25) is 0 Å². The summed E-state index contributed by atoms with van der Waals surface area (Å²) < 4.78 is 10.7. The van der Waals surface area contributed by atoms with Gasteiger partial charge in [-0.25, -0.2) is 4.79 Å². The normalized spacial score (nSPS) is 16.5. The van der Waals surface area contributed by atoms with Gasteiger partial charge in [-0.2, -0.15) is 0 Å². The van der Waals surface area contributed by atoms with E-state index in [9.17, 15) is 4.79 Å². The lowest BCUT2D eigenvalue weighted by molar-refractivity contribution is 0.00247. The molecule has 2 rings (SSSR count). The Morgan fingerprint density at radius 1 is 1.24 bits per heavy atom. The van der Waals surface area contributed by atoms with Crippen molar-refractivity contribution in [3.8, 4) is 5.75 Å². The van der Waals surface area contributed by atoms with Crippen LogP contribution in [0.4, 0.5) is 10.5 Å². The Hall–Kier alpha value is -1.79. The molecule has 0 aliphatic carbocycles. The number of urea groups is 1. The molecule has 25 heavy (non-hydrogen) atoms. The number of amides is 2. The second kappa shape index (κ2) is 10.3. The maximum atomic E-state index is 12.3. The quantitative estimate of drug-likeness (QED) is 0.757. The van der Waals surface area contributed by atoms with Gasteiger partial charge in [-0.1, -0.05) is 38.8 Å². The number of methoxy groups -OCH3 is 1. The number of rotatable bonds is 8. The van der Waals surface area contributed by atoms with Crippen LogP contribution in [0.1, 0.15) is 26.7 Å². The number of ether oxygens (including phenoxy) is 2. The van der Waals surface area contributed by atoms with Gasteiger partial charge in [0.1, 0.15) is 5.75 Å². The molecule has 1 saturated heterocycles. The molecule has 1 unspecified atom stereocenters. The fourth-order valence-corrected chi connectivity index (χ4v) is 3.45. The molecule has 1 aromatic carbocycles. The fraction of sp³-hybridized carbons (Fsp3) is 0.632. The van der Waals surface area contributed by atoms with E-state index in [0.717, 1.165) is 39.1 Å². The van der Waals surface area contributed by atoms with Crippen LogP contribution in [0.15, 0.2) is 24.3 Å². The standard InChI is InChI=1S/C19H31N3O3/c1-4-15(5-2)17(22-10-12-25-13-11-22)14-20-19(23)21-16-8-6-7-9-18(16)24-3/h6-9,15,17H,4-5,10-14H2,1-3H3,(H2,20,21,23). The zero-order valence-electron chi connectivity index (χ0n) is 15.6. The zero-order valence-corrected chi connectivity index (χ0v) is 15.6. The highest BCUT2D eigenvalue weighted by Gasteiger charge is 2.27. The maximum absolute atomic E-state index is 12.3. The minimum Gasteiger partial charge on any atom is -0.495 e. The Balaban J connectivity index is 1.95. The van der Waals surface area contributed by atoms with Crippen LogP contribution in [-0.4, -0.2) is 56.9 Å². The van der Waals surface area contributed by atoms with Crippen LogP contribution in [0.2, 0.25) is 0 Å². The lowest BCUT2D eigenvalue weighted by atomic mass is 9.92. The number of benzene rings is 1. The van der Waals surface area contributed by atoms with Gasteiger partial charge >= 0.3 is 6.03 Å². The predicted octanol–water partition coefficient (Wildman–Crippen LogP) is 2.95. The molecule has 6 heteroatoms. The van der Waals surface area contributed by atoms with Crippen LogP contribution in [0, 0.1) is 5.92 Å². The first-order valence-electron chi connectivity index (χ1n) is 9.19. The van der Waals surface area contributed by atoms with Crippen molar-refractivity contribution < 1.29 is 14.3 Å². The molecule has 140 valence electrons. The molecule has 2 N–H and O–H groups in total. The number of carbonyl (C=O) groups excluding carboxylic acids is 1. The van der Waals surface area contributed by atoms with Gasteiger partial charge in [-0.3, -0.25) is 4.90 Å². The largest absolute Gasteiger partial charge is 0.495 e. The minimum absolute atomic E-state index is 0.200. The summed E-state index contributed by atoms with van der Waals surface area (Å²) in [6.45, 7) is 8.46. The number of morpholine rings is 1. The molecule has 1 fully saturated rings. The third-order valence-electron chi connectivity index (χ3n) is 4.93. The van der Waals surface area contributed by atoms with Crippen molar-refractivity contribution >= 4 is 11.7 Å². The van der Waals surface area contributed by atoms with Crippen LogP contribution < -0.4 is 15.4 Å². The van der Waals surface area contributed by atoms with E-state index < -0.39 is 0 Å². The Morgan fingerprint density at radius 3 is 2.56 bits per heavy atom. The summed E-state index contributed by atoms with van der Waals surface area (Å²) in [4.78, 5) is 14.8. The molecule has 1 heterocycles. The van der Waals surface area contributed by atoms with Crippen LogP contribution in [0.3, 0.4) is 0 Å². The van der Waals surface area contributed by atoms with E-state index in [4.69, 9.17) is 9.47 Å². The van der Waals surface area contributed by atoms with Crippen molar-refractivity contribution in [2.75, 3.05) is 45.3 Å². The van der Waals surface area contributed by atoms with Gasteiger partial charge < -0.3 is 20.1 Å². The third-order valence-corrected chi connectivity index (χ3v) is 4.93. The molecule has 0 spiro atoms. The second-order valence-corrected chi connectivity index (χ2v) is 6.33. The molecule has 6 nitrogen and oxygen atoms in total. The van der Waals surface area contributed by atoms with E-state index in [1.165, 1.54) is 0 Å². The number of carbonyl (C=O) groups is 1. The van der Waals surface area contributed by atoms with E-state index in [-0.39, 0.29) is 6.03 Å². The van der Waals surface area contributed by atoms with Crippen LogP contribution >= 0.6 is 0 Å². The minimum atomic E-state index is -0.200. The molecule has 1 atom stereocenters. The highest BCUT2D eigenvalue weighted by molar-refractivity contribution is 5.90. The maximum Gasteiger partial charge on any atom is 0.319 e. The van der Waals surface area contributed by atoms with E-state index in [2.05, 4.69) is 29.4 Å². The first-order chi connectivity index (χ1) is 12.2. The number of para-hydroxylation sites is 2. The van der Waals surface area contributed by atoms with E-state index >= 15 is 0 Å². The number of nitrogens with one attached hydrogen (secondary N) is 2. The Bertz CT molecular complexity index is 528. The summed E-state index contributed by atoms with van der Waals surface area (Å²) in [5.74, 6) is 1.21. The molecular weight excluding hydrogens is 318 g/mol. The zero-order chi connectivity index (χ0) is 18.1. The summed E-state index contributed by atoms with van der Waals surface area (Å²) in [5.41, 5.74) is 0.674. The first-order valence-corrected chi connectivity index (χ1v) is 9.19. The molecule has 0 aromatic heterocycles. The van der Waals surface area contributed by atoms with Gasteiger partial charge in [-0.15, -0.1) is 0 Å². The SMILES string of the molecule is CCC(CC)C(CNC(=O)Nc1ccccc1OC)N1CCOCC1. The summed E-state index contributed by atoms with van der Waals surface area (Å²) in [6.07, 6.45) is 2.21. The summed E-state index contributed by atoms with van der Waals surface area (Å²) in [7, 11) is 1.60. The average Bonchev–Trinajstić information content (AvgIpc) is 2.66. The van der Waals surface area contributed by atoms with Crippen molar-refractivity contribution in [3.63, 3.8) is 0 Å². The fourth-order valence-electron chi connectivity index (χ4n) is 3.45. The van der Waals surface area contributed by atoms with Crippen molar-refractivity contribution in [1.29, 1.82) is 0 Å². The molecule has 0 saturated carbocycles. The molecule has 2 amide bonds. The molecule has 1 aromatic rings. The van der Waals surface area contributed by atoms with Gasteiger partial charge in [0.15, 0.2) is 0 Å². The van der Waals surface area contributed by atoms with Crippen molar-refractivity contribution in [2.24, 2.45) is 5.92 Å². The Labute approximate surface area is 150 Å².